The van der Waals surface area contributed by atoms with Gasteiger partial charge in [0, 0.05) is 29.6 Å². The average molecular weight is 467 g/mol. The van der Waals surface area contributed by atoms with E-state index in [2.05, 4.69) is 53.1 Å². The summed E-state index contributed by atoms with van der Waals surface area (Å²) in [5, 5.41) is 13.8. The van der Waals surface area contributed by atoms with Gasteiger partial charge in [-0.25, -0.2) is 4.68 Å². The van der Waals surface area contributed by atoms with Crippen LogP contribution < -0.4 is 15.0 Å². The van der Waals surface area contributed by atoms with E-state index in [4.69, 9.17) is 9.47 Å². The highest BCUT2D eigenvalue weighted by atomic mass is 16.7. The van der Waals surface area contributed by atoms with Crippen molar-refractivity contribution in [2.75, 3.05) is 6.79 Å². The molecule has 2 aromatic heterocycles. The zero-order valence-corrected chi connectivity index (χ0v) is 20.5. The molecule has 0 saturated heterocycles. The first-order valence-corrected chi connectivity index (χ1v) is 12.3. The summed E-state index contributed by atoms with van der Waals surface area (Å²) in [5.74, 6) is 2.24. The van der Waals surface area contributed by atoms with Gasteiger partial charge in [0.15, 0.2) is 17.3 Å². The smallest absolute Gasteiger partial charge is 0.252 e. The summed E-state index contributed by atoms with van der Waals surface area (Å²) < 4.78 is 13.0. The van der Waals surface area contributed by atoms with Crippen LogP contribution in [0.3, 0.4) is 0 Å². The van der Waals surface area contributed by atoms with Crippen LogP contribution in [0.15, 0.2) is 23.0 Å². The molecule has 1 N–H and O–H groups in total. The molecule has 1 fully saturated rings. The number of pyridine rings is 1. The Hall–Kier alpha value is -2.94. The van der Waals surface area contributed by atoms with E-state index >= 15 is 0 Å². The van der Waals surface area contributed by atoms with Crippen LogP contribution >= 0.6 is 0 Å². The fraction of sp³-hybridized carbons (Fsp3) is 0.600. The fourth-order valence-electron chi connectivity index (χ4n) is 5.31. The molecule has 1 aliphatic carbocycles. The van der Waals surface area contributed by atoms with E-state index in [1.165, 1.54) is 19.3 Å². The van der Waals surface area contributed by atoms with Crippen molar-refractivity contribution in [1.29, 1.82) is 0 Å². The first kappa shape index (κ1) is 22.8. The lowest BCUT2D eigenvalue weighted by atomic mass is 9.92. The summed E-state index contributed by atoms with van der Waals surface area (Å²) in [6.07, 6.45) is 6.79. The minimum atomic E-state index is -0.229. The largest absolute Gasteiger partial charge is 0.454 e. The molecule has 182 valence electrons. The Bertz CT molecular complexity index is 1220. The highest BCUT2D eigenvalue weighted by molar-refractivity contribution is 5.83. The number of nitrogens with one attached hydrogen (secondary N) is 1. The van der Waals surface area contributed by atoms with Gasteiger partial charge >= 0.3 is 0 Å². The topological polar surface area (TPSA) is 98.2 Å². The van der Waals surface area contributed by atoms with E-state index < -0.39 is 0 Å². The van der Waals surface area contributed by atoms with Gasteiger partial charge in [0.2, 0.25) is 6.79 Å². The Balaban J connectivity index is 1.54. The molecule has 1 saturated carbocycles. The van der Waals surface area contributed by atoms with E-state index in [1.807, 2.05) is 22.9 Å². The van der Waals surface area contributed by atoms with Crippen molar-refractivity contribution in [3.05, 3.63) is 39.9 Å². The number of aromatic nitrogens is 5. The molecule has 1 atom stereocenters. The average Bonchev–Trinajstić information content (AvgIpc) is 3.48. The molecule has 5 rings (SSSR count). The third kappa shape index (κ3) is 4.29. The van der Waals surface area contributed by atoms with Crippen LogP contribution in [-0.2, 0) is 12.1 Å². The number of fused-ring (bicyclic) bond motifs is 2. The molecule has 0 bridgehead atoms. The van der Waals surface area contributed by atoms with Crippen molar-refractivity contribution >= 4 is 10.9 Å². The third-order valence-corrected chi connectivity index (χ3v) is 7.03. The molecule has 3 heterocycles. The maximum atomic E-state index is 13.2. The van der Waals surface area contributed by atoms with Crippen molar-refractivity contribution in [2.24, 2.45) is 0 Å². The number of hydrogen-bond acceptors (Lipinski definition) is 7. The first-order valence-electron chi connectivity index (χ1n) is 12.3. The molecule has 0 amide bonds. The van der Waals surface area contributed by atoms with Gasteiger partial charge in [-0.05, 0) is 62.6 Å². The van der Waals surface area contributed by atoms with Crippen LogP contribution in [0, 0.1) is 0 Å². The van der Waals surface area contributed by atoms with Gasteiger partial charge in [-0.1, -0.05) is 26.2 Å². The minimum Gasteiger partial charge on any atom is -0.454 e. The Morgan fingerprint density at radius 1 is 1.15 bits per heavy atom. The van der Waals surface area contributed by atoms with Gasteiger partial charge in [-0.3, -0.25) is 9.69 Å². The van der Waals surface area contributed by atoms with Gasteiger partial charge in [0.05, 0.1) is 17.1 Å². The molecule has 0 radical (unpaired) electrons. The summed E-state index contributed by atoms with van der Waals surface area (Å²) in [5.41, 5.74) is 1.20. The van der Waals surface area contributed by atoms with Crippen LogP contribution in [0.1, 0.15) is 83.6 Å². The lowest BCUT2D eigenvalue weighted by Crippen LogP contribution is -2.42. The van der Waals surface area contributed by atoms with E-state index in [0.717, 1.165) is 41.6 Å². The van der Waals surface area contributed by atoms with Crippen LogP contribution in [-0.4, -0.2) is 42.9 Å². The molecule has 9 heteroatoms. The van der Waals surface area contributed by atoms with E-state index in [9.17, 15) is 4.79 Å². The Morgan fingerprint density at radius 2 is 1.88 bits per heavy atom. The maximum absolute atomic E-state index is 13.2. The SMILES string of the molecule is CC[C@@H](c1nnnn1C(C)(C)C)N(Cc1cc2cc3c(cc2[nH]c1=O)OCO3)C1CCCCC1. The highest BCUT2D eigenvalue weighted by Crippen LogP contribution is 2.37. The predicted molar refractivity (Wildman–Crippen MR) is 129 cm³/mol. The number of tetrazole rings is 1. The van der Waals surface area contributed by atoms with E-state index in [1.54, 1.807) is 0 Å². The van der Waals surface area contributed by atoms with Crippen molar-refractivity contribution in [3.8, 4) is 11.5 Å². The number of H-pyrrole nitrogens is 1. The van der Waals surface area contributed by atoms with Crippen LogP contribution in [0.25, 0.3) is 10.9 Å². The van der Waals surface area contributed by atoms with E-state index in [0.29, 0.717) is 24.1 Å². The molecule has 1 aliphatic heterocycles. The van der Waals surface area contributed by atoms with Gasteiger partial charge in [0.25, 0.3) is 5.56 Å². The van der Waals surface area contributed by atoms with Crippen LogP contribution in [0.2, 0.25) is 0 Å². The molecule has 34 heavy (non-hydrogen) atoms. The first-order chi connectivity index (χ1) is 16.3. The predicted octanol–water partition coefficient (Wildman–Crippen LogP) is 4.28. The van der Waals surface area contributed by atoms with Crippen LogP contribution in [0.5, 0.6) is 11.5 Å². The molecule has 1 aromatic carbocycles. The van der Waals surface area contributed by atoms with E-state index in [-0.39, 0.29) is 23.9 Å². The number of benzene rings is 1. The zero-order chi connectivity index (χ0) is 23.9. The fourth-order valence-corrected chi connectivity index (χ4v) is 5.31. The van der Waals surface area contributed by atoms with Gasteiger partial charge in [-0.2, -0.15) is 0 Å². The number of nitrogens with zero attached hydrogens (tertiary/aromatic N) is 5. The molecule has 0 spiro atoms. The second-order valence-electron chi connectivity index (χ2n) is 10.4. The highest BCUT2D eigenvalue weighted by Gasteiger charge is 2.34. The summed E-state index contributed by atoms with van der Waals surface area (Å²) >= 11 is 0. The molecule has 2 aliphatic rings. The standard InChI is InChI=1S/C25H34N6O3/c1-5-20(23-27-28-29-31(23)25(2,3)4)30(18-9-7-6-8-10-18)14-17-11-16-12-21-22(34-15-33-21)13-19(16)26-24(17)32/h11-13,18,20H,5-10,14-15H2,1-4H3,(H,26,32)/t20-/m0/s1. The number of ether oxygens (including phenoxy) is 2. The number of rotatable bonds is 6. The minimum absolute atomic E-state index is 0.0178. The molecular weight excluding hydrogens is 432 g/mol. The second-order valence-corrected chi connectivity index (χ2v) is 10.4. The molecule has 0 unspecified atom stereocenters. The molecule has 9 nitrogen and oxygen atoms in total. The zero-order valence-electron chi connectivity index (χ0n) is 20.5. The van der Waals surface area contributed by atoms with Crippen LogP contribution in [0.4, 0.5) is 0 Å². The molecular formula is C25H34N6O3. The monoisotopic (exact) mass is 466 g/mol. The van der Waals surface area contributed by atoms with Crippen molar-refractivity contribution < 1.29 is 9.47 Å². The summed E-state index contributed by atoms with van der Waals surface area (Å²) in [6.45, 7) is 9.26. The molecule has 3 aromatic rings. The van der Waals surface area contributed by atoms with Crippen molar-refractivity contribution in [3.63, 3.8) is 0 Å². The second kappa shape index (κ2) is 9.02. The summed E-state index contributed by atoms with van der Waals surface area (Å²) in [4.78, 5) is 18.7. The lowest BCUT2D eigenvalue weighted by Gasteiger charge is -2.39. The lowest BCUT2D eigenvalue weighted by molar-refractivity contribution is 0.0810. The number of hydrogen-bond donors (Lipinski definition) is 1. The van der Waals surface area contributed by atoms with Crippen molar-refractivity contribution in [1.82, 2.24) is 30.1 Å². The maximum Gasteiger partial charge on any atom is 0.252 e. The summed E-state index contributed by atoms with van der Waals surface area (Å²) in [7, 11) is 0. The summed E-state index contributed by atoms with van der Waals surface area (Å²) in [6, 6.07) is 6.18. The van der Waals surface area contributed by atoms with Gasteiger partial charge < -0.3 is 14.5 Å². The third-order valence-electron chi connectivity index (χ3n) is 7.03. The Labute approximate surface area is 199 Å². The quantitative estimate of drug-likeness (QED) is 0.579. The Kier molecular flexibility index (Phi) is 6.06. The van der Waals surface area contributed by atoms with Gasteiger partial charge in [0.1, 0.15) is 0 Å². The number of aromatic amines is 1. The Morgan fingerprint density at radius 3 is 2.59 bits per heavy atom. The normalized spacial score (nSPS) is 17.6. The van der Waals surface area contributed by atoms with Gasteiger partial charge in [-0.15, -0.1) is 5.10 Å². The van der Waals surface area contributed by atoms with Crippen molar-refractivity contribution in [2.45, 2.75) is 90.4 Å².